The molecule has 0 saturated carbocycles. The molecular formula is C15H19FN2O3. The Morgan fingerprint density at radius 3 is 2.81 bits per heavy atom. The molecule has 1 heterocycles. The Kier molecular flexibility index (Phi) is 4.45. The number of hydrogen-bond acceptors (Lipinski definition) is 2. The average Bonchev–Trinajstić information content (AvgIpc) is 2.42. The van der Waals surface area contributed by atoms with E-state index in [1.807, 2.05) is 6.92 Å². The molecule has 1 fully saturated rings. The lowest BCUT2D eigenvalue weighted by atomic mass is 9.91. The summed E-state index contributed by atoms with van der Waals surface area (Å²) < 4.78 is 13.2. The molecule has 0 spiro atoms. The number of piperidine rings is 1. The molecule has 2 N–H and O–H groups in total. The van der Waals surface area contributed by atoms with Gasteiger partial charge in [0.2, 0.25) is 0 Å². The van der Waals surface area contributed by atoms with Crippen LogP contribution in [-0.4, -0.2) is 34.6 Å². The zero-order valence-corrected chi connectivity index (χ0v) is 12.1. The van der Waals surface area contributed by atoms with Crippen molar-refractivity contribution in [3.8, 4) is 0 Å². The highest BCUT2D eigenvalue weighted by molar-refractivity contribution is 5.93. The van der Waals surface area contributed by atoms with Gasteiger partial charge in [-0.25, -0.2) is 14.0 Å². The first kappa shape index (κ1) is 15.3. The number of anilines is 1. The molecule has 6 heteroatoms. The third kappa shape index (κ3) is 3.32. The maximum absolute atomic E-state index is 13.2. The highest BCUT2D eigenvalue weighted by Gasteiger charge is 2.37. The van der Waals surface area contributed by atoms with Crippen LogP contribution in [0, 0.1) is 18.7 Å². The van der Waals surface area contributed by atoms with E-state index >= 15 is 0 Å². The van der Waals surface area contributed by atoms with E-state index in [2.05, 4.69) is 5.32 Å². The van der Waals surface area contributed by atoms with Gasteiger partial charge in [-0.2, -0.15) is 0 Å². The smallest absolute Gasteiger partial charge is 0.326 e. The van der Waals surface area contributed by atoms with E-state index in [1.165, 1.54) is 17.0 Å². The molecule has 0 radical (unpaired) electrons. The first-order chi connectivity index (χ1) is 9.90. The molecule has 21 heavy (non-hydrogen) atoms. The van der Waals surface area contributed by atoms with Gasteiger partial charge < -0.3 is 15.3 Å². The Morgan fingerprint density at radius 1 is 1.43 bits per heavy atom. The molecule has 1 saturated heterocycles. The van der Waals surface area contributed by atoms with E-state index in [0.717, 1.165) is 18.4 Å². The fourth-order valence-corrected chi connectivity index (χ4v) is 2.71. The van der Waals surface area contributed by atoms with Crippen molar-refractivity contribution in [2.24, 2.45) is 5.92 Å². The van der Waals surface area contributed by atoms with E-state index in [1.54, 1.807) is 13.0 Å². The highest BCUT2D eigenvalue weighted by atomic mass is 19.1. The Balaban J connectivity index is 2.18. The lowest BCUT2D eigenvalue weighted by molar-refractivity contribution is -0.145. The molecule has 0 bridgehead atoms. The number of carboxylic acids is 1. The molecule has 1 aromatic carbocycles. The fraction of sp³-hybridized carbons (Fsp3) is 0.467. The first-order valence-electron chi connectivity index (χ1n) is 6.96. The van der Waals surface area contributed by atoms with Crippen LogP contribution in [0.25, 0.3) is 0 Å². The van der Waals surface area contributed by atoms with Crippen LogP contribution in [0.4, 0.5) is 14.9 Å². The second kappa shape index (κ2) is 6.11. The first-order valence-corrected chi connectivity index (χ1v) is 6.96. The van der Waals surface area contributed by atoms with Gasteiger partial charge in [-0.3, -0.25) is 0 Å². The van der Waals surface area contributed by atoms with E-state index in [0.29, 0.717) is 12.2 Å². The van der Waals surface area contributed by atoms with Crippen molar-refractivity contribution < 1.29 is 19.1 Å². The van der Waals surface area contributed by atoms with Crippen molar-refractivity contribution >= 4 is 17.7 Å². The van der Waals surface area contributed by atoms with Gasteiger partial charge in [0, 0.05) is 12.2 Å². The van der Waals surface area contributed by atoms with Gasteiger partial charge in [0.25, 0.3) is 0 Å². The number of hydrogen-bond donors (Lipinski definition) is 2. The third-order valence-corrected chi connectivity index (χ3v) is 3.89. The summed E-state index contributed by atoms with van der Waals surface area (Å²) in [5, 5.41) is 11.9. The summed E-state index contributed by atoms with van der Waals surface area (Å²) in [6, 6.07) is 2.78. The monoisotopic (exact) mass is 294 g/mol. The minimum absolute atomic E-state index is 0.101. The molecule has 2 unspecified atom stereocenters. The van der Waals surface area contributed by atoms with Gasteiger partial charge in [-0.05, 0) is 43.4 Å². The summed E-state index contributed by atoms with van der Waals surface area (Å²) >= 11 is 0. The Bertz CT molecular complexity index is 562. The molecular weight excluding hydrogens is 275 g/mol. The van der Waals surface area contributed by atoms with E-state index in [-0.39, 0.29) is 5.92 Å². The van der Waals surface area contributed by atoms with Crippen molar-refractivity contribution in [2.45, 2.75) is 32.7 Å². The molecule has 2 amide bonds. The van der Waals surface area contributed by atoms with Gasteiger partial charge >= 0.3 is 12.0 Å². The molecule has 0 aromatic heterocycles. The number of carbonyl (C=O) groups excluding carboxylic acids is 1. The minimum Gasteiger partial charge on any atom is -0.480 e. The largest absolute Gasteiger partial charge is 0.480 e. The van der Waals surface area contributed by atoms with E-state index in [4.69, 9.17) is 0 Å². The number of nitrogens with zero attached hydrogens (tertiary/aromatic N) is 1. The number of aliphatic carboxylic acids is 1. The van der Waals surface area contributed by atoms with Crippen LogP contribution in [0.3, 0.4) is 0 Å². The van der Waals surface area contributed by atoms with Crippen LogP contribution in [0.1, 0.15) is 25.3 Å². The maximum Gasteiger partial charge on any atom is 0.326 e. The molecule has 2 rings (SSSR count). The number of rotatable bonds is 2. The van der Waals surface area contributed by atoms with Gasteiger partial charge in [0.05, 0.1) is 0 Å². The molecule has 114 valence electrons. The summed E-state index contributed by atoms with van der Waals surface area (Å²) in [5.41, 5.74) is 1.09. The summed E-state index contributed by atoms with van der Waals surface area (Å²) in [7, 11) is 0. The average molecular weight is 294 g/mol. The SMILES string of the molecule is Cc1ccc(F)cc1NC(=O)N1CCCC(C)C1C(=O)O. The number of nitrogens with one attached hydrogen (secondary N) is 1. The van der Waals surface area contributed by atoms with Crippen LogP contribution in [0.5, 0.6) is 0 Å². The normalized spacial score (nSPS) is 22.0. The minimum atomic E-state index is -1.01. The summed E-state index contributed by atoms with van der Waals surface area (Å²) in [5.74, 6) is -1.55. The van der Waals surface area contributed by atoms with Crippen LogP contribution in [-0.2, 0) is 4.79 Å². The van der Waals surface area contributed by atoms with Crippen LogP contribution < -0.4 is 5.32 Å². The number of aryl methyl sites for hydroxylation is 1. The number of carboxylic acid groups (broad SMARTS) is 1. The van der Waals surface area contributed by atoms with Crippen LogP contribution in [0.15, 0.2) is 18.2 Å². The number of urea groups is 1. The van der Waals surface area contributed by atoms with Crippen molar-refractivity contribution in [2.75, 3.05) is 11.9 Å². The van der Waals surface area contributed by atoms with Crippen molar-refractivity contribution in [3.63, 3.8) is 0 Å². The van der Waals surface area contributed by atoms with Crippen molar-refractivity contribution in [3.05, 3.63) is 29.6 Å². The molecule has 0 aliphatic carbocycles. The lowest BCUT2D eigenvalue weighted by Gasteiger charge is -2.37. The Morgan fingerprint density at radius 2 is 2.14 bits per heavy atom. The number of halogens is 1. The van der Waals surface area contributed by atoms with E-state index in [9.17, 15) is 19.1 Å². The topological polar surface area (TPSA) is 69.6 Å². The number of carbonyl (C=O) groups is 2. The summed E-state index contributed by atoms with van der Waals surface area (Å²) in [6.07, 6.45) is 1.54. The number of likely N-dealkylation sites (tertiary alicyclic amines) is 1. The molecule has 1 aromatic rings. The van der Waals surface area contributed by atoms with Gasteiger partial charge in [0.15, 0.2) is 0 Å². The van der Waals surface area contributed by atoms with E-state index < -0.39 is 23.9 Å². The zero-order chi connectivity index (χ0) is 15.6. The summed E-state index contributed by atoms with van der Waals surface area (Å²) in [4.78, 5) is 25.0. The molecule has 2 atom stereocenters. The standard InChI is InChI=1S/C15H19FN2O3/c1-9-5-6-11(16)8-12(9)17-15(21)18-7-3-4-10(2)13(18)14(19)20/h5-6,8,10,13H,3-4,7H2,1-2H3,(H,17,21)(H,19,20). The molecule has 1 aliphatic rings. The highest BCUT2D eigenvalue weighted by Crippen LogP contribution is 2.25. The van der Waals surface area contributed by atoms with Crippen molar-refractivity contribution in [1.29, 1.82) is 0 Å². The van der Waals surface area contributed by atoms with Gasteiger partial charge in [-0.1, -0.05) is 13.0 Å². The third-order valence-electron chi connectivity index (χ3n) is 3.89. The Hall–Kier alpha value is -2.11. The molecule has 1 aliphatic heterocycles. The number of amides is 2. The zero-order valence-electron chi connectivity index (χ0n) is 12.1. The second-order valence-corrected chi connectivity index (χ2v) is 5.49. The molecule has 5 nitrogen and oxygen atoms in total. The van der Waals surface area contributed by atoms with Gasteiger partial charge in [-0.15, -0.1) is 0 Å². The maximum atomic E-state index is 13.2. The summed E-state index contributed by atoms with van der Waals surface area (Å²) in [6.45, 7) is 3.97. The lowest BCUT2D eigenvalue weighted by Crippen LogP contribution is -2.53. The second-order valence-electron chi connectivity index (χ2n) is 5.49. The van der Waals surface area contributed by atoms with Crippen LogP contribution in [0.2, 0.25) is 0 Å². The predicted octanol–water partition coefficient (Wildman–Crippen LogP) is 2.85. The fourth-order valence-electron chi connectivity index (χ4n) is 2.71. The Labute approximate surface area is 122 Å². The van der Waals surface area contributed by atoms with Crippen molar-refractivity contribution in [1.82, 2.24) is 4.90 Å². The van der Waals surface area contributed by atoms with Gasteiger partial charge in [0.1, 0.15) is 11.9 Å². The quantitative estimate of drug-likeness (QED) is 0.881. The number of benzene rings is 1. The predicted molar refractivity (Wildman–Crippen MR) is 76.7 cm³/mol. The van der Waals surface area contributed by atoms with Crippen LogP contribution >= 0.6 is 0 Å².